The molecule has 0 amide bonds. The molecule has 0 saturated carbocycles. The van der Waals surface area contributed by atoms with Gasteiger partial charge in [0.25, 0.3) is 0 Å². The molecular weight excluding hydrogens is 308 g/mol. The fraction of sp³-hybridized carbons (Fsp3) is 0.667. The number of carboxylic acid groups (broad SMARTS) is 3. The largest absolute Gasteiger partial charge is 2.00 e. The third-order valence-corrected chi connectivity index (χ3v) is 1.81. The average Bonchev–Trinajstić information content (AvgIpc) is 2.35. The number of aliphatic hydroxyl groups excluding tert-OH is 4. The number of hydrogen-bond donors (Lipinski definition) is 7. The van der Waals surface area contributed by atoms with Crippen molar-refractivity contribution in [1.82, 2.24) is 0 Å². The molecule has 4 atom stereocenters. The van der Waals surface area contributed by atoms with Crippen LogP contribution < -0.4 is 0 Å². The van der Waals surface area contributed by atoms with Crippen molar-refractivity contribution in [2.75, 3.05) is 0 Å². The Morgan fingerprint density at radius 2 is 1.05 bits per heavy atom. The summed E-state index contributed by atoms with van der Waals surface area (Å²) in [5, 5.41) is 59.2. The van der Waals surface area contributed by atoms with Crippen molar-refractivity contribution in [3.8, 4) is 0 Å². The molecule has 11 heteroatoms. The van der Waals surface area contributed by atoms with E-state index in [2.05, 4.69) is 0 Å². The standard InChI is InChI=1S/C6H10O8.C3H6O2.Ca.2H/c7-1(3(9)5(11)12)2(8)4(10)6(13)14;1-2-3(4)5;;;/h1-4,7-10H,(H,11,12)(H,13,14);2H2,1H3,(H,4,5);;;/q;;+2;2*-1. The van der Waals surface area contributed by atoms with Crippen LogP contribution in [0, 0.1) is 0 Å². The van der Waals surface area contributed by atoms with E-state index in [1.54, 1.807) is 6.92 Å². The fourth-order valence-corrected chi connectivity index (χ4v) is 0.666. The molecule has 0 rings (SSSR count). The second-order valence-electron chi connectivity index (χ2n) is 3.29. The second kappa shape index (κ2) is 12.3. The molecule has 7 N–H and O–H groups in total. The average molecular weight is 326 g/mol. The number of hydrogen-bond acceptors (Lipinski definition) is 7. The monoisotopic (exact) mass is 326 g/mol. The summed E-state index contributed by atoms with van der Waals surface area (Å²) in [6.07, 6.45) is -9.06. The van der Waals surface area contributed by atoms with E-state index in [0.29, 0.717) is 0 Å². The van der Waals surface area contributed by atoms with Gasteiger partial charge in [-0.1, -0.05) is 6.92 Å². The van der Waals surface area contributed by atoms with Crippen molar-refractivity contribution in [3.63, 3.8) is 0 Å². The van der Waals surface area contributed by atoms with E-state index in [0.717, 1.165) is 0 Å². The van der Waals surface area contributed by atoms with Crippen LogP contribution in [0.2, 0.25) is 0 Å². The van der Waals surface area contributed by atoms with Gasteiger partial charge < -0.3 is 38.6 Å². The van der Waals surface area contributed by atoms with Gasteiger partial charge in [-0.25, -0.2) is 9.59 Å². The minimum absolute atomic E-state index is 0. The van der Waals surface area contributed by atoms with Gasteiger partial charge in [-0.2, -0.15) is 0 Å². The summed E-state index contributed by atoms with van der Waals surface area (Å²) in [4.78, 5) is 29.5. The first-order chi connectivity index (χ1) is 8.56. The van der Waals surface area contributed by atoms with Crippen LogP contribution in [0.15, 0.2) is 0 Å². The zero-order valence-electron chi connectivity index (χ0n) is 12.6. The van der Waals surface area contributed by atoms with Crippen molar-refractivity contribution in [2.24, 2.45) is 0 Å². The summed E-state index contributed by atoms with van der Waals surface area (Å²) in [6.45, 7) is 1.60. The van der Waals surface area contributed by atoms with E-state index in [4.69, 9.17) is 35.7 Å². The van der Waals surface area contributed by atoms with Crippen LogP contribution >= 0.6 is 0 Å². The van der Waals surface area contributed by atoms with Crippen LogP contribution in [0.25, 0.3) is 0 Å². The normalized spacial score (nSPS) is 15.4. The zero-order chi connectivity index (χ0) is 15.7. The van der Waals surface area contributed by atoms with Crippen LogP contribution in [-0.4, -0.2) is 116 Å². The third-order valence-electron chi connectivity index (χ3n) is 1.81. The Morgan fingerprint density at radius 1 is 0.850 bits per heavy atom. The topological polar surface area (TPSA) is 193 Å². The predicted molar refractivity (Wildman–Crippen MR) is 65.2 cm³/mol. The minimum Gasteiger partial charge on any atom is -1.00 e. The van der Waals surface area contributed by atoms with E-state index in [-0.39, 0.29) is 47.0 Å². The van der Waals surface area contributed by atoms with Gasteiger partial charge in [0.05, 0.1) is 0 Å². The third kappa shape index (κ3) is 10.3. The van der Waals surface area contributed by atoms with Crippen LogP contribution in [-0.2, 0) is 14.4 Å². The first-order valence-electron chi connectivity index (χ1n) is 4.95. The minimum atomic E-state index is -2.36. The summed E-state index contributed by atoms with van der Waals surface area (Å²) < 4.78 is 0. The van der Waals surface area contributed by atoms with Crippen molar-refractivity contribution in [3.05, 3.63) is 0 Å². The van der Waals surface area contributed by atoms with Gasteiger partial charge in [-0.05, 0) is 0 Å². The van der Waals surface area contributed by atoms with Crippen molar-refractivity contribution < 1.29 is 53.0 Å². The van der Waals surface area contributed by atoms with Gasteiger partial charge in [0.1, 0.15) is 12.2 Å². The molecular formula is C9H18CaO10. The zero-order valence-corrected chi connectivity index (χ0v) is 12.8. The van der Waals surface area contributed by atoms with Crippen molar-refractivity contribution >= 4 is 55.6 Å². The van der Waals surface area contributed by atoms with Gasteiger partial charge in [0.15, 0.2) is 12.2 Å². The second-order valence-corrected chi connectivity index (χ2v) is 3.29. The van der Waals surface area contributed by atoms with E-state index >= 15 is 0 Å². The van der Waals surface area contributed by atoms with E-state index in [9.17, 15) is 14.4 Å². The van der Waals surface area contributed by atoms with E-state index in [1.165, 1.54) is 0 Å². The predicted octanol–water partition coefficient (Wildman–Crippen LogP) is -3.08. The molecule has 0 aliphatic rings. The number of carbonyl (C=O) groups is 3. The Hall–Kier alpha value is -0.490. The first-order valence-corrected chi connectivity index (χ1v) is 4.95. The van der Waals surface area contributed by atoms with Crippen molar-refractivity contribution in [2.45, 2.75) is 37.8 Å². The molecule has 0 fully saturated rings. The molecule has 0 aliphatic carbocycles. The molecule has 4 unspecified atom stereocenters. The Morgan fingerprint density at radius 3 is 1.15 bits per heavy atom. The number of rotatable bonds is 6. The molecule has 0 aromatic heterocycles. The fourth-order valence-electron chi connectivity index (χ4n) is 0.666. The van der Waals surface area contributed by atoms with Crippen LogP contribution in [0.1, 0.15) is 16.2 Å². The molecule has 116 valence electrons. The number of aliphatic carboxylic acids is 3. The Balaban J connectivity index is -0.000000105. The Labute approximate surface area is 146 Å². The molecule has 0 bridgehead atoms. The summed E-state index contributed by atoms with van der Waals surface area (Å²) in [7, 11) is 0. The first kappa shape index (κ1) is 24.5. The summed E-state index contributed by atoms with van der Waals surface area (Å²) in [6, 6.07) is 0. The molecule has 0 heterocycles. The van der Waals surface area contributed by atoms with Gasteiger partial charge >= 0.3 is 55.6 Å². The van der Waals surface area contributed by atoms with Gasteiger partial charge in [-0.3, -0.25) is 4.79 Å². The molecule has 0 spiro atoms. The van der Waals surface area contributed by atoms with Crippen LogP contribution in [0.4, 0.5) is 0 Å². The van der Waals surface area contributed by atoms with Crippen LogP contribution in [0.3, 0.4) is 0 Å². The maximum Gasteiger partial charge on any atom is 2.00 e. The van der Waals surface area contributed by atoms with Gasteiger partial charge in [0, 0.05) is 6.42 Å². The summed E-state index contributed by atoms with van der Waals surface area (Å²) in [5.74, 6) is -4.42. The molecule has 10 nitrogen and oxygen atoms in total. The summed E-state index contributed by atoms with van der Waals surface area (Å²) in [5.41, 5.74) is 0. The van der Waals surface area contributed by atoms with Gasteiger partial charge in [0.2, 0.25) is 0 Å². The molecule has 0 aromatic carbocycles. The summed E-state index contributed by atoms with van der Waals surface area (Å²) >= 11 is 0. The Bertz CT molecular complexity index is 306. The Kier molecular flexibility index (Phi) is 15.0. The molecule has 0 aromatic rings. The van der Waals surface area contributed by atoms with E-state index in [1.807, 2.05) is 0 Å². The maximum absolute atomic E-state index is 10.1. The molecule has 0 aliphatic heterocycles. The quantitative estimate of drug-likeness (QED) is 0.246. The van der Waals surface area contributed by atoms with E-state index < -0.39 is 42.3 Å². The van der Waals surface area contributed by atoms with Crippen molar-refractivity contribution in [1.29, 1.82) is 0 Å². The maximum atomic E-state index is 10.1. The van der Waals surface area contributed by atoms with Gasteiger partial charge in [-0.15, -0.1) is 0 Å². The molecule has 0 saturated heterocycles. The molecule has 20 heavy (non-hydrogen) atoms. The number of aliphatic hydroxyl groups is 4. The smallest absolute Gasteiger partial charge is 1.00 e. The van der Waals surface area contributed by atoms with Crippen LogP contribution in [0.5, 0.6) is 0 Å². The number of carboxylic acids is 3. The molecule has 0 radical (unpaired) electrons. The SMILES string of the molecule is CCC(=O)O.O=C(O)C(O)C(O)C(O)C(O)C(=O)O.[Ca+2].[H-].[H-].